The van der Waals surface area contributed by atoms with Crippen LogP contribution in [0.25, 0.3) is 0 Å². The number of unbranched alkanes of at least 4 members (excludes halogenated alkanes) is 5. The highest BCUT2D eigenvalue weighted by molar-refractivity contribution is 6.14. The summed E-state index contributed by atoms with van der Waals surface area (Å²) >= 11 is 0. The Morgan fingerprint density at radius 3 is 2.56 bits per heavy atom. The number of aromatic nitrogens is 2. The van der Waals surface area contributed by atoms with E-state index in [1.807, 2.05) is 59.6 Å². The van der Waals surface area contributed by atoms with Gasteiger partial charge in [0.2, 0.25) is 0 Å². The first-order chi connectivity index (χ1) is 15.8. The Bertz CT molecular complexity index is 937. The number of hydrogen-bond acceptors (Lipinski definition) is 4. The molecule has 0 spiro atoms. The van der Waals surface area contributed by atoms with Gasteiger partial charge in [0.15, 0.2) is 0 Å². The maximum atomic E-state index is 10.8. The van der Waals surface area contributed by atoms with Gasteiger partial charge in [-0.05, 0) is 25.0 Å². The molecule has 0 aliphatic heterocycles. The van der Waals surface area contributed by atoms with Crippen LogP contribution < -0.4 is 4.74 Å². The molecule has 5 heteroatoms. The van der Waals surface area contributed by atoms with E-state index >= 15 is 0 Å². The molecule has 3 aromatic rings. The Morgan fingerprint density at radius 1 is 1.00 bits per heavy atom. The Morgan fingerprint density at radius 2 is 1.81 bits per heavy atom. The van der Waals surface area contributed by atoms with E-state index in [4.69, 9.17) is 9.73 Å². The summed E-state index contributed by atoms with van der Waals surface area (Å²) in [5, 5.41) is 10.8. The Labute approximate surface area is 191 Å². The lowest BCUT2D eigenvalue weighted by Gasteiger charge is -2.12. The molecule has 2 aromatic carbocycles. The molecule has 0 saturated carbocycles. The first-order valence-corrected chi connectivity index (χ1v) is 11.8. The van der Waals surface area contributed by atoms with Crippen LogP contribution in [0.2, 0.25) is 0 Å². The van der Waals surface area contributed by atoms with E-state index in [1.54, 1.807) is 12.3 Å². The molecule has 5 nitrogen and oxygen atoms in total. The number of benzene rings is 2. The highest BCUT2D eigenvalue weighted by Gasteiger charge is 2.12. The van der Waals surface area contributed by atoms with Gasteiger partial charge in [-0.25, -0.2) is 4.98 Å². The van der Waals surface area contributed by atoms with E-state index in [0.29, 0.717) is 18.9 Å². The summed E-state index contributed by atoms with van der Waals surface area (Å²) in [6.07, 6.45) is 13.8. The largest absolute Gasteiger partial charge is 0.507 e. The van der Waals surface area contributed by atoms with Gasteiger partial charge in [0, 0.05) is 42.7 Å². The van der Waals surface area contributed by atoms with Crippen LogP contribution in [-0.4, -0.2) is 33.5 Å². The topological polar surface area (TPSA) is 59.6 Å². The molecule has 0 atom stereocenters. The molecule has 0 bridgehead atoms. The van der Waals surface area contributed by atoms with Gasteiger partial charge in [0.05, 0.1) is 18.6 Å². The minimum atomic E-state index is 0.197. The summed E-state index contributed by atoms with van der Waals surface area (Å²) < 4.78 is 7.91. The van der Waals surface area contributed by atoms with Crippen molar-refractivity contribution < 1.29 is 9.84 Å². The number of phenolic OH excluding ortho intramolecular Hbond substituents is 1. The average Bonchev–Trinajstić information content (AvgIpc) is 3.33. The predicted molar refractivity (Wildman–Crippen MR) is 131 cm³/mol. The van der Waals surface area contributed by atoms with Crippen molar-refractivity contribution in [1.82, 2.24) is 9.55 Å². The summed E-state index contributed by atoms with van der Waals surface area (Å²) in [6, 6.07) is 15.6. The van der Waals surface area contributed by atoms with Crippen LogP contribution in [0.4, 0.5) is 0 Å². The molecule has 0 unspecified atom stereocenters. The van der Waals surface area contributed by atoms with Crippen molar-refractivity contribution in [1.29, 1.82) is 0 Å². The fourth-order valence-electron chi connectivity index (χ4n) is 3.67. The standard InChI is InChI=1S/C27H35N3O2/c1-2-3-4-5-6-10-20-32-24-14-15-25(26(31)21-24)27(23-12-8-7-9-13-23)29-16-11-18-30-19-17-28-22-30/h7-9,12-15,17,19,21-22,31H,2-6,10-11,16,18,20H2,1H3. The minimum Gasteiger partial charge on any atom is -0.507 e. The number of aryl methyl sites for hydroxylation is 1. The van der Waals surface area contributed by atoms with Gasteiger partial charge in [-0.2, -0.15) is 0 Å². The third-order valence-electron chi connectivity index (χ3n) is 5.44. The number of aromatic hydroxyl groups is 1. The first-order valence-electron chi connectivity index (χ1n) is 11.8. The van der Waals surface area contributed by atoms with Crippen LogP contribution >= 0.6 is 0 Å². The Hall–Kier alpha value is -3.08. The molecule has 32 heavy (non-hydrogen) atoms. The molecule has 0 radical (unpaired) electrons. The second-order valence-corrected chi connectivity index (χ2v) is 8.05. The van der Waals surface area contributed by atoms with Gasteiger partial charge in [-0.15, -0.1) is 0 Å². The highest BCUT2D eigenvalue weighted by atomic mass is 16.5. The maximum Gasteiger partial charge on any atom is 0.128 e. The van der Waals surface area contributed by atoms with Crippen molar-refractivity contribution in [3.8, 4) is 11.5 Å². The van der Waals surface area contributed by atoms with Crippen LogP contribution in [0.3, 0.4) is 0 Å². The van der Waals surface area contributed by atoms with Gasteiger partial charge in [0.1, 0.15) is 11.5 Å². The van der Waals surface area contributed by atoms with Crippen LogP contribution in [0.1, 0.15) is 63.0 Å². The fraction of sp³-hybridized carbons (Fsp3) is 0.407. The second kappa shape index (κ2) is 13.4. The quantitative estimate of drug-likeness (QED) is 0.241. The van der Waals surface area contributed by atoms with Crippen molar-refractivity contribution >= 4 is 5.71 Å². The fourth-order valence-corrected chi connectivity index (χ4v) is 3.67. The van der Waals surface area contributed by atoms with Crippen molar-refractivity contribution in [2.75, 3.05) is 13.2 Å². The smallest absolute Gasteiger partial charge is 0.128 e. The molecule has 1 heterocycles. The molecule has 1 aromatic heterocycles. The van der Waals surface area contributed by atoms with E-state index < -0.39 is 0 Å². The molecule has 0 aliphatic carbocycles. The van der Waals surface area contributed by atoms with E-state index in [9.17, 15) is 5.11 Å². The molecule has 3 rings (SSSR count). The molecule has 0 fully saturated rings. The van der Waals surface area contributed by atoms with Gasteiger partial charge >= 0.3 is 0 Å². The molecule has 0 amide bonds. The number of hydrogen-bond donors (Lipinski definition) is 1. The number of rotatable bonds is 14. The highest BCUT2D eigenvalue weighted by Crippen LogP contribution is 2.27. The van der Waals surface area contributed by atoms with E-state index in [-0.39, 0.29) is 5.75 Å². The zero-order valence-electron chi connectivity index (χ0n) is 19.1. The SMILES string of the molecule is CCCCCCCCOc1ccc(C(=NCCCn2ccnc2)c2ccccc2)c(O)c1. The Balaban J connectivity index is 1.62. The van der Waals surface area contributed by atoms with E-state index in [2.05, 4.69) is 11.9 Å². The Kier molecular flexibility index (Phi) is 9.84. The summed E-state index contributed by atoms with van der Waals surface area (Å²) in [4.78, 5) is 8.92. The van der Waals surface area contributed by atoms with Gasteiger partial charge in [-0.1, -0.05) is 69.4 Å². The minimum absolute atomic E-state index is 0.197. The lowest BCUT2D eigenvalue weighted by atomic mass is 10.0. The third-order valence-corrected chi connectivity index (χ3v) is 5.44. The average molecular weight is 434 g/mol. The lowest BCUT2D eigenvalue weighted by Crippen LogP contribution is -2.06. The van der Waals surface area contributed by atoms with E-state index in [1.165, 1.54) is 32.1 Å². The number of nitrogens with zero attached hydrogens (tertiary/aromatic N) is 3. The zero-order chi connectivity index (χ0) is 22.4. The summed E-state index contributed by atoms with van der Waals surface area (Å²) in [6.45, 7) is 4.44. The van der Waals surface area contributed by atoms with Crippen molar-refractivity contribution in [3.63, 3.8) is 0 Å². The molecule has 0 saturated heterocycles. The summed E-state index contributed by atoms with van der Waals surface area (Å²) in [5.74, 6) is 0.898. The second-order valence-electron chi connectivity index (χ2n) is 8.05. The van der Waals surface area contributed by atoms with Crippen molar-refractivity contribution in [2.45, 2.75) is 58.4 Å². The number of ether oxygens (including phenoxy) is 1. The number of phenols is 1. The molecular weight excluding hydrogens is 398 g/mol. The van der Waals surface area contributed by atoms with Crippen LogP contribution in [0, 0.1) is 0 Å². The van der Waals surface area contributed by atoms with Crippen LogP contribution in [0.5, 0.6) is 11.5 Å². The van der Waals surface area contributed by atoms with E-state index in [0.717, 1.165) is 36.2 Å². The molecular formula is C27H35N3O2. The first kappa shape index (κ1) is 23.6. The van der Waals surface area contributed by atoms with Crippen molar-refractivity contribution in [3.05, 3.63) is 78.4 Å². The van der Waals surface area contributed by atoms with Gasteiger partial charge < -0.3 is 14.4 Å². The third kappa shape index (κ3) is 7.56. The normalized spacial score (nSPS) is 11.6. The maximum absolute atomic E-state index is 10.8. The zero-order valence-corrected chi connectivity index (χ0v) is 19.1. The lowest BCUT2D eigenvalue weighted by molar-refractivity contribution is 0.302. The molecule has 0 aliphatic rings. The number of imidazole rings is 1. The summed E-state index contributed by atoms with van der Waals surface area (Å²) in [5.41, 5.74) is 2.52. The summed E-state index contributed by atoms with van der Waals surface area (Å²) in [7, 11) is 0. The van der Waals surface area contributed by atoms with Crippen molar-refractivity contribution in [2.24, 2.45) is 4.99 Å². The van der Waals surface area contributed by atoms with Crippen LogP contribution in [-0.2, 0) is 6.54 Å². The molecule has 1 N–H and O–H groups in total. The predicted octanol–water partition coefficient (Wildman–Crippen LogP) is 6.26. The van der Waals surface area contributed by atoms with Gasteiger partial charge in [0.25, 0.3) is 0 Å². The monoisotopic (exact) mass is 433 g/mol. The van der Waals surface area contributed by atoms with Gasteiger partial charge in [-0.3, -0.25) is 4.99 Å². The van der Waals surface area contributed by atoms with Crippen LogP contribution in [0.15, 0.2) is 72.2 Å². The number of aliphatic imine (C=N–C) groups is 1. The molecule has 170 valence electrons.